The molecule has 2 aromatic rings. The molecule has 1 heterocycles. The van der Waals surface area contributed by atoms with Gasteiger partial charge < -0.3 is 4.74 Å². The van der Waals surface area contributed by atoms with Crippen LogP contribution in [0.5, 0.6) is 5.75 Å². The molecule has 0 saturated carbocycles. The maximum atomic E-state index is 12.6. The molecule has 0 saturated heterocycles. The van der Waals surface area contributed by atoms with Gasteiger partial charge in [-0.05, 0) is 37.6 Å². The minimum absolute atomic E-state index is 0.106. The van der Waals surface area contributed by atoms with E-state index in [0.717, 1.165) is 5.56 Å². The molecule has 5 heteroatoms. The van der Waals surface area contributed by atoms with Gasteiger partial charge in [0.2, 0.25) is 5.78 Å². The predicted molar refractivity (Wildman–Crippen MR) is 74.1 cm³/mol. The van der Waals surface area contributed by atoms with Gasteiger partial charge in [0.05, 0.1) is 13.3 Å². The summed E-state index contributed by atoms with van der Waals surface area (Å²) in [7, 11) is 1.53. The van der Waals surface area contributed by atoms with Crippen molar-refractivity contribution in [3.8, 4) is 5.75 Å². The second-order valence-electron chi connectivity index (χ2n) is 4.17. The van der Waals surface area contributed by atoms with Gasteiger partial charge in [-0.1, -0.05) is 11.6 Å². The van der Waals surface area contributed by atoms with Crippen LogP contribution in [0.3, 0.4) is 0 Å². The van der Waals surface area contributed by atoms with E-state index in [2.05, 4.69) is 5.10 Å². The number of methoxy groups -OCH3 is 1. The molecule has 0 aliphatic rings. The number of carbonyl (C=O) groups excluding carboxylic acids is 1. The van der Waals surface area contributed by atoms with E-state index >= 15 is 0 Å². The average Bonchev–Trinajstić information content (AvgIpc) is 2.80. The highest BCUT2D eigenvalue weighted by Gasteiger charge is 2.21. The molecule has 0 amide bonds. The summed E-state index contributed by atoms with van der Waals surface area (Å²) in [6.07, 6.45) is 1.56. The summed E-state index contributed by atoms with van der Waals surface area (Å²) in [5.41, 5.74) is 1.91. The molecule has 0 fully saturated rings. The Kier molecular flexibility index (Phi) is 3.90. The van der Waals surface area contributed by atoms with Crippen LogP contribution in [-0.4, -0.2) is 22.7 Å². The lowest BCUT2D eigenvalue weighted by molar-refractivity contribution is 0.102. The van der Waals surface area contributed by atoms with E-state index in [-0.39, 0.29) is 5.78 Å². The fourth-order valence-corrected chi connectivity index (χ4v) is 2.22. The fraction of sp³-hybridized carbons (Fsp3) is 0.286. The maximum Gasteiger partial charge on any atom is 0.215 e. The minimum Gasteiger partial charge on any atom is -0.493 e. The van der Waals surface area contributed by atoms with Crippen molar-refractivity contribution >= 4 is 17.4 Å². The van der Waals surface area contributed by atoms with Crippen molar-refractivity contribution in [1.82, 2.24) is 9.78 Å². The molecule has 4 nitrogen and oxygen atoms in total. The Morgan fingerprint density at radius 2 is 2.21 bits per heavy atom. The van der Waals surface area contributed by atoms with Crippen LogP contribution in [0.2, 0.25) is 5.02 Å². The second kappa shape index (κ2) is 5.45. The highest BCUT2D eigenvalue weighted by atomic mass is 35.5. The number of aryl methyl sites for hydroxylation is 2. The lowest BCUT2D eigenvalue weighted by Crippen LogP contribution is -2.12. The van der Waals surface area contributed by atoms with Crippen LogP contribution in [0.1, 0.15) is 28.5 Å². The number of benzene rings is 1. The number of ether oxygens (including phenoxy) is 1. The second-order valence-corrected chi connectivity index (χ2v) is 4.60. The first-order chi connectivity index (χ1) is 9.08. The molecule has 0 bridgehead atoms. The van der Waals surface area contributed by atoms with Crippen molar-refractivity contribution < 1.29 is 9.53 Å². The molecule has 0 aliphatic heterocycles. The molecule has 1 aromatic carbocycles. The van der Waals surface area contributed by atoms with Crippen molar-refractivity contribution in [1.29, 1.82) is 0 Å². The highest BCUT2D eigenvalue weighted by molar-refractivity contribution is 6.30. The molecular weight excluding hydrogens is 264 g/mol. The van der Waals surface area contributed by atoms with Gasteiger partial charge >= 0.3 is 0 Å². The molecule has 0 radical (unpaired) electrons. The van der Waals surface area contributed by atoms with Crippen LogP contribution < -0.4 is 4.74 Å². The third kappa shape index (κ3) is 2.49. The highest BCUT2D eigenvalue weighted by Crippen LogP contribution is 2.24. The number of nitrogens with zero attached hydrogens (tertiary/aromatic N) is 2. The number of hydrogen-bond donors (Lipinski definition) is 0. The first-order valence-corrected chi connectivity index (χ1v) is 6.37. The number of carbonyl (C=O) groups is 1. The van der Waals surface area contributed by atoms with E-state index in [9.17, 15) is 4.79 Å². The Bertz CT molecular complexity index is 598. The van der Waals surface area contributed by atoms with Gasteiger partial charge in [-0.25, -0.2) is 0 Å². The zero-order chi connectivity index (χ0) is 14.0. The van der Waals surface area contributed by atoms with Gasteiger partial charge in [-0.15, -0.1) is 0 Å². The summed E-state index contributed by atoms with van der Waals surface area (Å²) in [6, 6.07) is 5.21. The third-order valence-corrected chi connectivity index (χ3v) is 3.21. The lowest BCUT2D eigenvalue weighted by Gasteiger charge is -2.08. The van der Waals surface area contributed by atoms with E-state index in [1.807, 2.05) is 13.8 Å². The first kappa shape index (κ1) is 13.6. The molecule has 1 aromatic heterocycles. The number of halogens is 1. The maximum absolute atomic E-state index is 12.6. The van der Waals surface area contributed by atoms with Gasteiger partial charge in [0.1, 0.15) is 0 Å². The molecular formula is C14H15ClN2O2. The van der Waals surface area contributed by atoms with Crippen LogP contribution in [-0.2, 0) is 6.54 Å². The summed E-state index contributed by atoms with van der Waals surface area (Å²) >= 11 is 5.91. The summed E-state index contributed by atoms with van der Waals surface area (Å²) in [5.74, 6) is 0.381. The van der Waals surface area contributed by atoms with Crippen molar-refractivity contribution in [3.63, 3.8) is 0 Å². The van der Waals surface area contributed by atoms with Crippen molar-refractivity contribution in [2.24, 2.45) is 0 Å². The van der Waals surface area contributed by atoms with E-state index < -0.39 is 0 Å². The lowest BCUT2D eigenvalue weighted by atomic mass is 10.0. The molecule has 0 unspecified atom stereocenters. The van der Waals surface area contributed by atoms with Crippen molar-refractivity contribution in [3.05, 3.63) is 46.2 Å². The zero-order valence-corrected chi connectivity index (χ0v) is 11.9. The third-order valence-electron chi connectivity index (χ3n) is 2.97. The smallest absolute Gasteiger partial charge is 0.215 e. The molecule has 0 N–H and O–H groups in total. The Hall–Kier alpha value is -1.81. The number of rotatable bonds is 4. The van der Waals surface area contributed by atoms with E-state index in [1.165, 1.54) is 7.11 Å². The molecule has 2 rings (SSSR count). The quantitative estimate of drug-likeness (QED) is 0.807. The zero-order valence-electron chi connectivity index (χ0n) is 11.1. The molecule has 19 heavy (non-hydrogen) atoms. The van der Waals surface area contributed by atoms with Gasteiger partial charge in [0.25, 0.3) is 0 Å². The van der Waals surface area contributed by atoms with Gasteiger partial charge in [-0.2, -0.15) is 5.10 Å². The van der Waals surface area contributed by atoms with Gasteiger partial charge in [0.15, 0.2) is 11.4 Å². The minimum atomic E-state index is -0.106. The topological polar surface area (TPSA) is 44.1 Å². The fourth-order valence-electron chi connectivity index (χ4n) is 2.00. The van der Waals surface area contributed by atoms with Gasteiger partial charge in [-0.3, -0.25) is 9.48 Å². The van der Waals surface area contributed by atoms with Crippen LogP contribution in [0.25, 0.3) is 0 Å². The molecule has 100 valence electrons. The summed E-state index contributed by atoms with van der Waals surface area (Å²) in [4.78, 5) is 12.6. The summed E-state index contributed by atoms with van der Waals surface area (Å²) in [6.45, 7) is 4.40. The largest absolute Gasteiger partial charge is 0.493 e. The number of ketones is 1. The molecule has 0 atom stereocenters. The van der Waals surface area contributed by atoms with Crippen molar-refractivity contribution in [2.75, 3.05) is 7.11 Å². The normalized spacial score (nSPS) is 10.5. The van der Waals surface area contributed by atoms with Crippen molar-refractivity contribution in [2.45, 2.75) is 20.4 Å². The SMILES string of the molecule is CCn1ncc(OC)c1C(=O)c1ccc(Cl)cc1C. The van der Waals surface area contributed by atoms with E-state index in [0.29, 0.717) is 28.6 Å². The Balaban J connectivity index is 2.52. The summed E-state index contributed by atoms with van der Waals surface area (Å²) < 4.78 is 6.84. The van der Waals surface area contributed by atoms with Gasteiger partial charge in [0, 0.05) is 17.1 Å². The van der Waals surface area contributed by atoms with Crippen LogP contribution >= 0.6 is 11.6 Å². The Morgan fingerprint density at radius 1 is 1.47 bits per heavy atom. The first-order valence-electron chi connectivity index (χ1n) is 5.99. The molecule has 0 aliphatic carbocycles. The Morgan fingerprint density at radius 3 is 2.79 bits per heavy atom. The molecule has 0 spiro atoms. The van der Waals surface area contributed by atoms with Crippen LogP contribution in [0, 0.1) is 6.92 Å². The van der Waals surface area contributed by atoms with Crippen LogP contribution in [0.15, 0.2) is 24.4 Å². The average molecular weight is 279 g/mol. The van der Waals surface area contributed by atoms with E-state index in [4.69, 9.17) is 16.3 Å². The Labute approximate surface area is 116 Å². The predicted octanol–water partition coefficient (Wildman–Crippen LogP) is 3.10. The van der Waals surface area contributed by atoms with Crippen LogP contribution in [0.4, 0.5) is 0 Å². The van der Waals surface area contributed by atoms with E-state index in [1.54, 1.807) is 29.1 Å². The number of aromatic nitrogens is 2. The standard InChI is InChI=1S/C14H15ClN2O2/c1-4-17-13(12(19-3)8-16-17)14(18)11-6-5-10(15)7-9(11)2/h5-8H,4H2,1-3H3. The number of hydrogen-bond acceptors (Lipinski definition) is 3. The monoisotopic (exact) mass is 278 g/mol. The summed E-state index contributed by atoms with van der Waals surface area (Å²) in [5, 5.41) is 4.76.